The van der Waals surface area contributed by atoms with Crippen molar-refractivity contribution >= 4 is 17.5 Å². The number of methoxy groups -OCH3 is 1. The molecule has 3 aromatic rings. The molecule has 28 heavy (non-hydrogen) atoms. The van der Waals surface area contributed by atoms with Crippen molar-refractivity contribution in [2.24, 2.45) is 0 Å². The second kappa shape index (κ2) is 9.53. The molecule has 0 saturated heterocycles. The Hall–Kier alpha value is -2.63. The summed E-state index contributed by atoms with van der Waals surface area (Å²) in [7, 11) is 1.62. The first-order valence-electron chi connectivity index (χ1n) is 9.24. The Kier molecular flexibility index (Phi) is 6.85. The number of carbonyl (C=O) groups excluding carboxylic acids is 1. The van der Waals surface area contributed by atoms with Crippen LogP contribution in [0.15, 0.2) is 67.0 Å². The van der Waals surface area contributed by atoms with Crippen molar-refractivity contribution in [3.8, 4) is 5.69 Å². The quantitative estimate of drug-likeness (QED) is 0.614. The van der Waals surface area contributed by atoms with Gasteiger partial charge in [-0.05, 0) is 37.1 Å². The molecule has 0 fully saturated rings. The predicted molar refractivity (Wildman–Crippen MR) is 111 cm³/mol. The standard InChI is InChI=1S/C22H24ClN3O2/c1-16(22(28-2)19-10-6-7-11-20(19)23)25-21(27)13-12-17-14-24-26(15-17)18-8-4-3-5-9-18/h3-11,14-16,22H,12-13H2,1-2H3,(H,25,27)/t16-,22-/m0/s1. The normalized spacial score (nSPS) is 13.1. The van der Waals surface area contributed by atoms with E-state index in [-0.39, 0.29) is 18.1 Å². The van der Waals surface area contributed by atoms with Crippen LogP contribution in [-0.4, -0.2) is 28.8 Å². The number of para-hydroxylation sites is 1. The number of hydrogen-bond donors (Lipinski definition) is 1. The van der Waals surface area contributed by atoms with Crippen LogP contribution in [0.1, 0.15) is 30.6 Å². The molecule has 0 aliphatic rings. The molecule has 1 aromatic heterocycles. The van der Waals surface area contributed by atoms with Gasteiger partial charge in [-0.1, -0.05) is 48.0 Å². The lowest BCUT2D eigenvalue weighted by Gasteiger charge is -2.25. The zero-order chi connectivity index (χ0) is 19.9. The fourth-order valence-electron chi connectivity index (χ4n) is 3.18. The second-order valence-corrected chi connectivity index (χ2v) is 7.07. The van der Waals surface area contributed by atoms with Gasteiger partial charge in [0.1, 0.15) is 6.10 Å². The van der Waals surface area contributed by atoms with E-state index in [1.165, 1.54) is 0 Å². The minimum atomic E-state index is -0.307. The van der Waals surface area contributed by atoms with Crippen LogP contribution >= 0.6 is 11.6 Å². The minimum absolute atomic E-state index is 0.0333. The van der Waals surface area contributed by atoms with Crippen molar-refractivity contribution in [2.75, 3.05) is 7.11 Å². The van der Waals surface area contributed by atoms with Gasteiger partial charge in [-0.2, -0.15) is 5.10 Å². The summed E-state index contributed by atoms with van der Waals surface area (Å²) in [6.45, 7) is 1.92. The Morgan fingerprint density at radius 1 is 1.18 bits per heavy atom. The molecule has 0 radical (unpaired) electrons. The van der Waals surface area contributed by atoms with Crippen molar-refractivity contribution < 1.29 is 9.53 Å². The Bertz CT molecular complexity index is 911. The van der Waals surface area contributed by atoms with Crippen LogP contribution in [-0.2, 0) is 16.0 Å². The highest BCUT2D eigenvalue weighted by Crippen LogP contribution is 2.27. The molecule has 0 saturated carbocycles. The molecule has 5 nitrogen and oxygen atoms in total. The maximum atomic E-state index is 12.4. The van der Waals surface area contributed by atoms with E-state index in [0.29, 0.717) is 17.9 Å². The molecule has 1 heterocycles. The van der Waals surface area contributed by atoms with Crippen LogP contribution in [0.2, 0.25) is 5.02 Å². The van der Waals surface area contributed by atoms with Crippen LogP contribution in [0.4, 0.5) is 0 Å². The molecule has 0 aliphatic carbocycles. The van der Waals surface area contributed by atoms with Gasteiger partial charge in [-0.15, -0.1) is 0 Å². The molecule has 0 bridgehead atoms. The average molecular weight is 398 g/mol. The first-order valence-corrected chi connectivity index (χ1v) is 9.62. The van der Waals surface area contributed by atoms with Crippen molar-refractivity contribution in [1.29, 1.82) is 0 Å². The van der Waals surface area contributed by atoms with Crippen LogP contribution in [0.3, 0.4) is 0 Å². The molecular weight excluding hydrogens is 374 g/mol. The fourth-order valence-corrected chi connectivity index (χ4v) is 3.42. The van der Waals surface area contributed by atoms with E-state index >= 15 is 0 Å². The number of rotatable bonds is 8. The molecule has 146 valence electrons. The summed E-state index contributed by atoms with van der Waals surface area (Å²) in [5.41, 5.74) is 2.87. The highest BCUT2D eigenvalue weighted by atomic mass is 35.5. The highest BCUT2D eigenvalue weighted by molar-refractivity contribution is 6.31. The number of nitrogens with zero attached hydrogens (tertiary/aromatic N) is 2. The van der Waals surface area contributed by atoms with Crippen LogP contribution < -0.4 is 5.32 Å². The third-order valence-corrected chi connectivity index (χ3v) is 4.95. The number of ether oxygens (including phenoxy) is 1. The number of benzene rings is 2. The number of amides is 1. The van der Waals surface area contributed by atoms with E-state index in [2.05, 4.69) is 10.4 Å². The van der Waals surface area contributed by atoms with Crippen molar-refractivity contribution in [1.82, 2.24) is 15.1 Å². The third-order valence-electron chi connectivity index (χ3n) is 4.61. The molecule has 0 unspecified atom stereocenters. The van der Waals surface area contributed by atoms with Gasteiger partial charge >= 0.3 is 0 Å². The van der Waals surface area contributed by atoms with E-state index in [1.807, 2.05) is 72.4 Å². The Morgan fingerprint density at radius 3 is 2.61 bits per heavy atom. The second-order valence-electron chi connectivity index (χ2n) is 6.66. The summed E-state index contributed by atoms with van der Waals surface area (Å²) >= 11 is 6.27. The fraction of sp³-hybridized carbons (Fsp3) is 0.273. The van der Waals surface area contributed by atoms with Gasteiger partial charge in [0.05, 0.1) is 17.9 Å². The number of halogens is 1. The molecule has 1 N–H and O–H groups in total. The molecule has 0 spiro atoms. The van der Waals surface area contributed by atoms with Gasteiger partial charge < -0.3 is 10.1 Å². The smallest absolute Gasteiger partial charge is 0.220 e. The largest absolute Gasteiger partial charge is 0.375 e. The van der Waals surface area contributed by atoms with Crippen molar-refractivity contribution in [3.05, 3.63) is 83.1 Å². The third kappa shape index (κ3) is 5.00. The Balaban J connectivity index is 1.55. The highest BCUT2D eigenvalue weighted by Gasteiger charge is 2.22. The van der Waals surface area contributed by atoms with Gasteiger partial charge in [0.15, 0.2) is 0 Å². The van der Waals surface area contributed by atoms with Crippen molar-refractivity contribution in [3.63, 3.8) is 0 Å². The lowest BCUT2D eigenvalue weighted by molar-refractivity contribution is -0.122. The number of nitrogens with one attached hydrogen (secondary N) is 1. The number of carbonyl (C=O) groups is 1. The average Bonchev–Trinajstić information content (AvgIpc) is 3.18. The first kappa shape index (κ1) is 20.1. The summed E-state index contributed by atoms with van der Waals surface area (Å²) in [6.07, 6.45) is 4.44. The zero-order valence-corrected chi connectivity index (χ0v) is 16.8. The van der Waals surface area contributed by atoms with Gasteiger partial charge in [-0.3, -0.25) is 4.79 Å². The zero-order valence-electron chi connectivity index (χ0n) is 16.0. The Morgan fingerprint density at radius 2 is 1.89 bits per heavy atom. The predicted octanol–water partition coefficient (Wildman–Crippen LogP) is 4.35. The van der Waals surface area contributed by atoms with E-state index in [4.69, 9.17) is 16.3 Å². The van der Waals surface area contributed by atoms with Gasteiger partial charge in [0, 0.05) is 30.3 Å². The molecule has 3 rings (SSSR count). The van der Waals surface area contributed by atoms with E-state index in [1.54, 1.807) is 13.3 Å². The SMILES string of the molecule is CO[C@H](c1ccccc1Cl)[C@H](C)NC(=O)CCc1cnn(-c2ccccc2)c1. The molecule has 2 aromatic carbocycles. The minimum Gasteiger partial charge on any atom is -0.375 e. The summed E-state index contributed by atoms with van der Waals surface area (Å²) in [5.74, 6) is -0.0333. The van der Waals surface area contributed by atoms with Crippen LogP contribution in [0, 0.1) is 0 Å². The van der Waals surface area contributed by atoms with Crippen LogP contribution in [0.25, 0.3) is 5.69 Å². The molecule has 1 amide bonds. The Labute approximate surface area is 170 Å². The van der Waals surface area contributed by atoms with Gasteiger partial charge in [-0.25, -0.2) is 4.68 Å². The van der Waals surface area contributed by atoms with Crippen molar-refractivity contribution in [2.45, 2.75) is 31.9 Å². The number of aromatic nitrogens is 2. The van der Waals surface area contributed by atoms with E-state index in [0.717, 1.165) is 16.8 Å². The molecule has 6 heteroatoms. The summed E-state index contributed by atoms with van der Waals surface area (Å²) in [4.78, 5) is 12.4. The molecule has 0 aliphatic heterocycles. The molecular formula is C22H24ClN3O2. The summed E-state index contributed by atoms with van der Waals surface area (Å²) < 4.78 is 7.40. The topological polar surface area (TPSA) is 56.1 Å². The van der Waals surface area contributed by atoms with Gasteiger partial charge in [0.2, 0.25) is 5.91 Å². The summed E-state index contributed by atoms with van der Waals surface area (Å²) in [6, 6.07) is 17.2. The molecule has 2 atom stereocenters. The maximum Gasteiger partial charge on any atom is 0.220 e. The van der Waals surface area contributed by atoms with Gasteiger partial charge in [0.25, 0.3) is 0 Å². The maximum absolute atomic E-state index is 12.4. The van der Waals surface area contributed by atoms with E-state index in [9.17, 15) is 4.79 Å². The summed E-state index contributed by atoms with van der Waals surface area (Å²) in [5, 5.41) is 8.01. The lowest BCUT2D eigenvalue weighted by Crippen LogP contribution is -2.38. The number of aryl methyl sites for hydroxylation is 1. The number of hydrogen-bond acceptors (Lipinski definition) is 3. The first-order chi connectivity index (χ1) is 13.6. The monoisotopic (exact) mass is 397 g/mol. The van der Waals surface area contributed by atoms with E-state index < -0.39 is 0 Å². The van der Waals surface area contributed by atoms with Crippen LogP contribution in [0.5, 0.6) is 0 Å². The lowest BCUT2D eigenvalue weighted by atomic mass is 10.0.